The predicted molar refractivity (Wildman–Crippen MR) is 173 cm³/mol. The first-order valence-corrected chi connectivity index (χ1v) is 14.4. The quantitative estimate of drug-likeness (QED) is 0.0844. The largest absolute Gasteiger partial charge is 0.507 e. The second-order valence-electron chi connectivity index (χ2n) is 10.7. The monoisotopic (exact) mass is 657 g/mol. The number of anilines is 1. The molecule has 0 saturated heterocycles. The van der Waals surface area contributed by atoms with Crippen LogP contribution in [-0.2, 0) is 20.9 Å². The van der Waals surface area contributed by atoms with E-state index in [1.54, 1.807) is 42.5 Å². The van der Waals surface area contributed by atoms with Gasteiger partial charge >= 0.3 is 5.97 Å². The van der Waals surface area contributed by atoms with E-state index in [1.807, 2.05) is 0 Å². The number of hydrogen-bond acceptors (Lipinski definition) is 12. The minimum Gasteiger partial charge on any atom is -0.507 e. The van der Waals surface area contributed by atoms with Crippen LogP contribution < -0.4 is 20.2 Å². The average molecular weight is 658 g/mol. The zero-order valence-corrected chi connectivity index (χ0v) is 25.9. The van der Waals surface area contributed by atoms with Gasteiger partial charge in [0, 0.05) is 41.3 Å². The van der Waals surface area contributed by atoms with Gasteiger partial charge < -0.3 is 49.5 Å². The predicted octanol–water partition coefficient (Wildman–Crippen LogP) is 5.23. The maximum atomic E-state index is 13.4. The Hall–Kier alpha value is -6.37. The van der Waals surface area contributed by atoms with Crippen molar-refractivity contribution in [2.75, 3.05) is 19.5 Å². The first-order chi connectivity index (χ1) is 22.9. The molecule has 1 aromatic heterocycles. The van der Waals surface area contributed by atoms with E-state index in [2.05, 4.69) is 5.32 Å². The molecule has 48 heavy (non-hydrogen) atoms. The molecule has 0 aliphatic rings. The van der Waals surface area contributed by atoms with Gasteiger partial charge in [-0.3, -0.25) is 14.4 Å². The lowest BCUT2D eigenvalue weighted by atomic mass is 9.85. The van der Waals surface area contributed by atoms with Crippen LogP contribution in [0, 0.1) is 0 Å². The molecule has 5 rings (SSSR count). The number of phenols is 4. The number of carbonyl (C=O) groups is 2. The summed E-state index contributed by atoms with van der Waals surface area (Å²) >= 11 is 0. The molecule has 1 amide bonds. The van der Waals surface area contributed by atoms with Crippen LogP contribution in [0.3, 0.4) is 0 Å². The highest BCUT2D eigenvalue weighted by molar-refractivity contribution is 5.92. The number of aromatic hydroxyl groups is 5. The van der Waals surface area contributed by atoms with Crippen molar-refractivity contribution in [1.29, 1.82) is 0 Å². The fraction of sp³-hybridized carbons (Fsp3) is 0.171. The molecule has 13 nitrogen and oxygen atoms in total. The van der Waals surface area contributed by atoms with Crippen molar-refractivity contribution in [2.45, 2.75) is 25.9 Å². The van der Waals surface area contributed by atoms with E-state index in [1.165, 1.54) is 27.2 Å². The van der Waals surface area contributed by atoms with Crippen LogP contribution >= 0.6 is 0 Å². The summed E-state index contributed by atoms with van der Waals surface area (Å²) < 4.78 is 22.4. The van der Waals surface area contributed by atoms with Crippen LogP contribution in [0.1, 0.15) is 36.0 Å². The van der Waals surface area contributed by atoms with E-state index in [-0.39, 0.29) is 35.6 Å². The third-order valence-corrected chi connectivity index (χ3v) is 7.60. The third-order valence-electron chi connectivity index (χ3n) is 7.60. The maximum absolute atomic E-state index is 13.4. The number of esters is 1. The van der Waals surface area contributed by atoms with E-state index >= 15 is 0 Å². The molecule has 0 bridgehead atoms. The second kappa shape index (κ2) is 13.5. The number of nitrogens with one attached hydrogen (secondary N) is 1. The van der Waals surface area contributed by atoms with E-state index in [0.29, 0.717) is 28.3 Å². The molecule has 4 aromatic carbocycles. The number of rotatable bonds is 10. The van der Waals surface area contributed by atoms with Gasteiger partial charge in [0.05, 0.1) is 20.6 Å². The molecule has 0 spiro atoms. The van der Waals surface area contributed by atoms with Crippen LogP contribution in [0.5, 0.6) is 40.2 Å². The lowest BCUT2D eigenvalue weighted by Gasteiger charge is -2.22. The zero-order chi connectivity index (χ0) is 34.7. The molecule has 1 heterocycles. The molecule has 248 valence electrons. The standard InChI is InChI=1S/C35H31NO12/c1-17(37)36-21-6-8-22(9-7-21)47-16-20-12-18(5-11-28(20)45-2)23(14-29(42)46-3)30-26(40)15-27(41)31-32(43)33(44)34(48-35(30)31)19-4-10-24(38)25(39)13-19/h4-13,15,23,38-41,44H,14,16H2,1-3H3,(H,36,37). The molecule has 0 aliphatic heterocycles. The maximum Gasteiger partial charge on any atom is 0.306 e. The number of ether oxygens (including phenoxy) is 3. The van der Waals surface area contributed by atoms with Gasteiger partial charge in [0.15, 0.2) is 17.3 Å². The molecule has 0 radical (unpaired) electrons. The summed E-state index contributed by atoms with van der Waals surface area (Å²) in [6, 6.07) is 16.0. The summed E-state index contributed by atoms with van der Waals surface area (Å²) in [4.78, 5) is 37.5. The molecule has 5 aromatic rings. The summed E-state index contributed by atoms with van der Waals surface area (Å²) in [6.07, 6.45) is -0.360. The highest BCUT2D eigenvalue weighted by atomic mass is 16.5. The van der Waals surface area contributed by atoms with Gasteiger partial charge in [0.25, 0.3) is 0 Å². The Morgan fingerprint density at radius 1 is 0.854 bits per heavy atom. The van der Waals surface area contributed by atoms with Gasteiger partial charge in [0.2, 0.25) is 17.1 Å². The number of methoxy groups -OCH3 is 2. The Morgan fingerprint density at radius 2 is 1.58 bits per heavy atom. The Bertz CT molecular complexity index is 2090. The lowest BCUT2D eigenvalue weighted by Crippen LogP contribution is -2.13. The van der Waals surface area contributed by atoms with Crippen molar-refractivity contribution in [1.82, 2.24) is 0 Å². The molecular weight excluding hydrogens is 626 g/mol. The average Bonchev–Trinajstić information content (AvgIpc) is 3.06. The lowest BCUT2D eigenvalue weighted by molar-refractivity contribution is -0.140. The first-order valence-electron chi connectivity index (χ1n) is 14.4. The van der Waals surface area contributed by atoms with Crippen LogP contribution in [-0.4, -0.2) is 51.6 Å². The molecule has 1 unspecified atom stereocenters. The number of fused-ring (bicyclic) bond motifs is 1. The third kappa shape index (κ3) is 6.60. The fourth-order valence-corrected chi connectivity index (χ4v) is 5.30. The van der Waals surface area contributed by atoms with Crippen LogP contribution in [0.2, 0.25) is 0 Å². The van der Waals surface area contributed by atoms with Gasteiger partial charge in [0.1, 0.15) is 40.6 Å². The van der Waals surface area contributed by atoms with Crippen LogP contribution in [0.4, 0.5) is 5.69 Å². The van der Waals surface area contributed by atoms with Gasteiger partial charge in [-0.1, -0.05) is 6.07 Å². The summed E-state index contributed by atoms with van der Waals surface area (Å²) in [7, 11) is 2.65. The first kappa shape index (κ1) is 33.0. The highest BCUT2D eigenvalue weighted by Gasteiger charge is 2.30. The van der Waals surface area contributed by atoms with Gasteiger partial charge in [-0.05, 0) is 60.2 Å². The van der Waals surface area contributed by atoms with Gasteiger partial charge in [-0.2, -0.15) is 0 Å². The molecule has 13 heteroatoms. The minimum absolute atomic E-state index is 0.00119. The van der Waals surface area contributed by atoms with Gasteiger partial charge in [-0.25, -0.2) is 0 Å². The Balaban J connectivity index is 1.65. The van der Waals surface area contributed by atoms with Gasteiger partial charge in [-0.15, -0.1) is 0 Å². The molecular formula is C35H31NO12. The molecule has 0 saturated carbocycles. The number of phenolic OH excluding ortho intramolecular Hbond substituents is 4. The fourth-order valence-electron chi connectivity index (χ4n) is 5.30. The molecule has 0 aliphatic carbocycles. The summed E-state index contributed by atoms with van der Waals surface area (Å²) in [5.41, 5.74) is 0.0725. The number of hydrogen-bond donors (Lipinski definition) is 6. The van der Waals surface area contributed by atoms with E-state index in [0.717, 1.165) is 18.2 Å². The van der Waals surface area contributed by atoms with Crippen molar-refractivity contribution in [3.63, 3.8) is 0 Å². The van der Waals surface area contributed by atoms with Crippen molar-refractivity contribution in [3.05, 3.63) is 93.6 Å². The van der Waals surface area contributed by atoms with Crippen molar-refractivity contribution < 1.29 is 53.7 Å². The van der Waals surface area contributed by atoms with Crippen molar-refractivity contribution in [3.8, 4) is 51.6 Å². The summed E-state index contributed by atoms with van der Waals surface area (Å²) in [6.45, 7) is 1.40. The Morgan fingerprint density at radius 3 is 2.23 bits per heavy atom. The van der Waals surface area contributed by atoms with Crippen LogP contribution in [0.15, 0.2) is 75.9 Å². The molecule has 0 fully saturated rings. The van der Waals surface area contributed by atoms with Crippen molar-refractivity contribution >= 4 is 28.5 Å². The smallest absolute Gasteiger partial charge is 0.306 e. The van der Waals surface area contributed by atoms with E-state index in [4.69, 9.17) is 18.6 Å². The van der Waals surface area contributed by atoms with Crippen LogP contribution in [0.25, 0.3) is 22.3 Å². The van der Waals surface area contributed by atoms with E-state index in [9.17, 15) is 39.9 Å². The number of benzene rings is 4. The normalized spacial score (nSPS) is 11.6. The zero-order valence-electron chi connectivity index (χ0n) is 25.9. The Labute approximate surface area is 272 Å². The Kier molecular flexibility index (Phi) is 9.32. The SMILES string of the molecule is COC(=O)CC(c1ccc(OC)c(COc2ccc(NC(C)=O)cc2)c1)c1c(O)cc(O)c2c(=O)c(O)c(-c3ccc(O)c(O)c3)oc12. The second-order valence-corrected chi connectivity index (χ2v) is 10.7. The van der Waals surface area contributed by atoms with E-state index < -0.39 is 57.2 Å². The molecule has 6 N–H and O–H groups in total. The highest BCUT2D eigenvalue weighted by Crippen LogP contribution is 2.45. The summed E-state index contributed by atoms with van der Waals surface area (Å²) in [5.74, 6) is -4.60. The van der Waals surface area contributed by atoms with Crippen molar-refractivity contribution in [2.24, 2.45) is 0 Å². The number of carbonyl (C=O) groups excluding carboxylic acids is 2. The minimum atomic E-state index is -1.05. The molecule has 1 atom stereocenters. The topological polar surface area (TPSA) is 205 Å². The number of amides is 1. The summed E-state index contributed by atoms with van der Waals surface area (Å²) in [5, 5.41) is 54.7.